The normalized spacial score (nSPS) is 48.1. The Hall–Kier alpha value is -1.07. The van der Waals surface area contributed by atoms with Crippen molar-refractivity contribution in [3.63, 3.8) is 0 Å². The van der Waals surface area contributed by atoms with Crippen molar-refractivity contribution >= 4 is 5.82 Å². The molecule has 0 bridgehead atoms. The maximum Gasteiger partial charge on any atom is 0.120 e. The van der Waals surface area contributed by atoms with Crippen LogP contribution >= 0.6 is 0 Å². The molecule has 0 amide bonds. The average molecular weight is 458 g/mol. The first kappa shape index (κ1) is 23.7. The van der Waals surface area contributed by atoms with Gasteiger partial charge in [0.2, 0.25) is 0 Å². The number of nitrogens with two attached hydrogens (primary N) is 1. The predicted octanol–water partition coefficient (Wildman–Crippen LogP) is 5.19. The van der Waals surface area contributed by atoms with Crippen molar-refractivity contribution in [2.45, 2.75) is 104 Å². The van der Waals surface area contributed by atoms with Gasteiger partial charge in [0.1, 0.15) is 11.6 Å². The van der Waals surface area contributed by atoms with Crippen LogP contribution in [0.5, 0.6) is 0 Å². The Kier molecular flexibility index (Phi) is 6.13. The van der Waals surface area contributed by atoms with Crippen LogP contribution in [-0.4, -0.2) is 32.4 Å². The van der Waals surface area contributed by atoms with E-state index in [1.54, 1.807) is 6.20 Å². The van der Waals surface area contributed by atoms with Gasteiger partial charge in [-0.25, -0.2) is 4.98 Å². The number of nitrogens with zero attached hydrogens (tertiary/aromatic N) is 1. The third-order valence-corrected chi connectivity index (χ3v) is 11.6. The molecule has 0 aromatic carbocycles. The number of aryl methyl sites for hydroxylation is 1. The van der Waals surface area contributed by atoms with Crippen LogP contribution in [0, 0.1) is 52.3 Å². The number of rotatable bonds is 5. The summed E-state index contributed by atoms with van der Waals surface area (Å²) in [6.45, 7) is 9.81. The monoisotopic (exact) mass is 457 g/mol. The second-order valence-electron chi connectivity index (χ2n) is 12.9. The lowest BCUT2D eigenvalue weighted by Gasteiger charge is -2.64. The van der Waals surface area contributed by atoms with E-state index in [9.17, 15) is 10.2 Å². The van der Waals surface area contributed by atoms with Crippen molar-refractivity contribution < 1.29 is 10.2 Å². The Labute approximate surface area is 200 Å². The van der Waals surface area contributed by atoms with E-state index < -0.39 is 0 Å². The van der Waals surface area contributed by atoms with Gasteiger partial charge in [0.05, 0.1) is 18.4 Å². The van der Waals surface area contributed by atoms with Gasteiger partial charge in [-0.3, -0.25) is 0 Å². The quantitative estimate of drug-likeness (QED) is 0.489. The van der Waals surface area contributed by atoms with Crippen LogP contribution in [0.1, 0.15) is 91.3 Å². The number of aromatic amines is 1. The van der Waals surface area contributed by atoms with Gasteiger partial charge in [-0.05, 0) is 104 Å². The number of hydrogen-bond donors (Lipinski definition) is 4. The number of nitrogen functional groups attached to an aromatic ring is 1. The smallest absolute Gasteiger partial charge is 0.120 e. The Morgan fingerprint density at radius 3 is 2.52 bits per heavy atom. The summed E-state index contributed by atoms with van der Waals surface area (Å²) in [6.07, 6.45) is 12.6. The van der Waals surface area contributed by atoms with Gasteiger partial charge >= 0.3 is 0 Å². The molecule has 5 rings (SSSR count). The molecule has 4 saturated carbocycles. The molecule has 5 nitrogen and oxygen atoms in total. The molecule has 1 heterocycles. The van der Waals surface area contributed by atoms with Gasteiger partial charge < -0.3 is 20.9 Å². The van der Waals surface area contributed by atoms with Gasteiger partial charge in [-0.15, -0.1) is 0 Å². The van der Waals surface area contributed by atoms with E-state index in [0.717, 1.165) is 50.3 Å². The number of aliphatic hydroxyl groups is 2. The molecule has 0 spiro atoms. The van der Waals surface area contributed by atoms with Gasteiger partial charge in [0.15, 0.2) is 0 Å². The number of anilines is 1. The summed E-state index contributed by atoms with van der Waals surface area (Å²) in [4.78, 5) is 7.61. The fourth-order valence-corrected chi connectivity index (χ4v) is 10.0. The van der Waals surface area contributed by atoms with E-state index in [2.05, 4.69) is 37.7 Å². The Morgan fingerprint density at radius 2 is 1.82 bits per heavy atom. The van der Waals surface area contributed by atoms with Crippen molar-refractivity contribution in [3.8, 4) is 0 Å². The summed E-state index contributed by atoms with van der Waals surface area (Å²) in [5, 5.41) is 22.3. The summed E-state index contributed by atoms with van der Waals surface area (Å²) in [5.41, 5.74) is 6.44. The number of aliphatic hydroxyl groups excluding tert-OH is 2. The van der Waals surface area contributed by atoms with Crippen LogP contribution in [0.25, 0.3) is 0 Å². The van der Waals surface area contributed by atoms with E-state index in [-0.39, 0.29) is 17.6 Å². The first-order valence-corrected chi connectivity index (χ1v) is 13.8. The highest BCUT2D eigenvalue weighted by Gasteiger charge is 2.64. The third kappa shape index (κ3) is 3.67. The zero-order valence-electron chi connectivity index (χ0n) is 21.3. The van der Waals surface area contributed by atoms with Crippen molar-refractivity contribution in [3.05, 3.63) is 12.0 Å². The summed E-state index contributed by atoms with van der Waals surface area (Å²) in [6, 6.07) is 0. The fraction of sp³-hybridized carbons (Fsp3) is 0.893. The highest BCUT2D eigenvalue weighted by Crippen LogP contribution is 2.69. The number of hydrogen-bond acceptors (Lipinski definition) is 4. The Balaban J connectivity index is 1.37. The molecule has 0 radical (unpaired) electrons. The fourth-order valence-electron chi connectivity index (χ4n) is 10.0. The molecule has 0 aliphatic heterocycles. The van der Waals surface area contributed by atoms with Crippen molar-refractivity contribution in [1.29, 1.82) is 0 Å². The molecule has 4 aliphatic carbocycles. The van der Waals surface area contributed by atoms with Gasteiger partial charge in [-0.2, -0.15) is 0 Å². The highest BCUT2D eigenvalue weighted by molar-refractivity contribution is 5.24. The molecule has 186 valence electrons. The van der Waals surface area contributed by atoms with Crippen LogP contribution in [0.4, 0.5) is 5.82 Å². The topological polar surface area (TPSA) is 95.2 Å². The molecule has 4 aliphatic rings. The maximum atomic E-state index is 11.8. The van der Waals surface area contributed by atoms with Crippen molar-refractivity contribution in [1.82, 2.24) is 9.97 Å². The first-order chi connectivity index (χ1) is 15.7. The van der Waals surface area contributed by atoms with E-state index in [1.807, 2.05) is 0 Å². The molecule has 1 aromatic heterocycles. The molecule has 11 atom stereocenters. The predicted molar refractivity (Wildman–Crippen MR) is 132 cm³/mol. The van der Waals surface area contributed by atoms with Crippen LogP contribution in [0.15, 0.2) is 6.20 Å². The molecule has 1 aromatic rings. The van der Waals surface area contributed by atoms with E-state index in [1.165, 1.54) is 25.7 Å². The first-order valence-electron chi connectivity index (χ1n) is 13.8. The highest BCUT2D eigenvalue weighted by atomic mass is 16.3. The SMILES string of the molecule is CC[C@H]1[C@@H](O)[C@@H]2[C@H](CC[C@]3(C)[C@@H]([C@H](C)CCc4ncc(N)[nH]4)CC[C@@H]23)[C@@]2(C)CC[C@@H](O)C[C@@H]12. The largest absolute Gasteiger partial charge is 0.393 e. The van der Waals surface area contributed by atoms with Gasteiger partial charge in [-0.1, -0.05) is 34.1 Å². The second kappa shape index (κ2) is 8.55. The lowest BCUT2D eigenvalue weighted by molar-refractivity contribution is -0.203. The zero-order valence-corrected chi connectivity index (χ0v) is 21.3. The van der Waals surface area contributed by atoms with Crippen LogP contribution in [0.2, 0.25) is 0 Å². The number of H-pyrrole nitrogens is 1. The zero-order chi connectivity index (χ0) is 23.5. The lowest BCUT2D eigenvalue weighted by atomic mass is 9.41. The Bertz CT molecular complexity index is 841. The average Bonchev–Trinajstić information content (AvgIpc) is 3.36. The van der Waals surface area contributed by atoms with E-state index in [4.69, 9.17) is 5.73 Å². The van der Waals surface area contributed by atoms with Crippen LogP contribution in [-0.2, 0) is 6.42 Å². The minimum atomic E-state index is -0.201. The Morgan fingerprint density at radius 1 is 1.09 bits per heavy atom. The number of fused-ring (bicyclic) bond motifs is 5. The standard InChI is InChI=1S/C28H47N3O2/c1-5-18-22-14-17(32)10-12-28(22,4)21-11-13-27(3)19(7-8-20(27)25(21)26(18)33)16(2)6-9-24-30-15-23(29)31-24/h15-22,25-26,32-33H,5-14,29H2,1-4H3,(H,30,31)/t16-,17-,18-,19-,20+,21+,22+,25+,26-,27-,28-/m1/s1. The molecule has 33 heavy (non-hydrogen) atoms. The molecule has 0 unspecified atom stereocenters. The summed E-state index contributed by atoms with van der Waals surface area (Å²) in [5.74, 6) is 5.55. The minimum Gasteiger partial charge on any atom is -0.393 e. The summed E-state index contributed by atoms with van der Waals surface area (Å²) < 4.78 is 0. The lowest BCUT2D eigenvalue weighted by Crippen LogP contribution is -2.62. The van der Waals surface area contributed by atoms with E-state index >= 15 is 0 Å². The molecule has 0 saturated heterocycles. The molecular formula is C28H47N3O2. The number of aromatic nitrogens is 2. The molecule has 5 heteroatoms. The third-order valence-electron chi connectivity index (χ3n) is 11.6. The summed E-state index contributed by atoms with van der Waals surface area (Å²) in [7, 11) is 0. The number of nitrogens with one attached hydrogen (secondary N) is 1. The van der Waals surface area contributed by atoms with Crippen LogP contribution in [0.3, 0.4) is 0 Å². The summed E-state index contributed by atoms with van der Waals surface area (Å²) >= 11 is 0. The van der Waals surface area contributed by atoms with Gasteiger partial charge in [0.25, 0.3) is 0 Å². The van der Waals surface area contributed by atoms with Crippen molar-refractivity contribution in [2.75, 3.05) is 5.73 Å². The molecule has 5 N–H and O–H groups in total. The van der Waals surface area contributed by atoms with Gasteiger partial charge in [0, 0.05) is 6.42 Å². The van der Waals surface area contributed by atoms with E-state index in [0.29, 0.717) is 46.7 Å². The van der Waals surface area contributed by atoms with Crippen LogP contribution < -0.4 is 5.73 Å². The second-order valence-corrected chi connectivity index (χ2v) is 12.9. The maximum absolute atomic E-state index is 11.8. The van der Waals surface area contributed by atoms with Crippen molar-refractivity contribution in [2.24, 2.45) is 52.3 Å². The molecular weight excluding hydrogens is 410 g/mol. The minimum absolute atomic E-state index is 0.170. The molecule has 4 fully saturated rings. The number of imidazole rings is 1.